The molecule has 0 aromatic heterocycles. The predicted molar refractivity (Wildman–Crippen MR) is 88.4 cm³/mol. The summed E-state index contributed by atoms with van der Waals surface area (Å²) < 4.78 is 0. The van der Waals surface area contributed by atoms with E-state index in [0.29, 0.717) is 20.9 Å². The van der Waals surface area contributed by atoms with Gasteiger partial charge in [-0.15, -0.1) is 0 Å². The summed E-state index contributed by atoms with van der Waals surface area (Å²) >= 11 is 14.0. The first-order valence-electron chi connectivity index (χ1n) is 6.87. The highest BCUT2D eigenvalue weighted by Crippen LogP contribution is 2.26. The van der Waals surface area contributed by atoms with Crippen molar-refractivity contribution in [1.82, 2.24) is 4.90 Å². The van der Waals surface area contributed by atoms with Crippen LogP contribution in [0.5, 0.6) is 0 Å². The van der Waals surface area contributed by atoms with Crippen LogP contribution in [0.25, 0.3) is 0 Å². The van der Waals surface area contributed by atoms with Crippen molar-refractivity contribution < 1.29 is 4.79 Å². The Kier molecular flexibility index (Phi) is 5.79. The number of benzene rings is 1. The SMILES string of the molecule is CCC1CN(C(C)C(=O)c2ccc(Cl)cc2Cl)CCS1. The van der Waals surface area contributed by atoms with Crippen LogP contribution in [-0.4, -0.2) is 40.8 Å². The number of nitrogens with zero attached hydrogens (tertiary/aromatic N) is 1. The summed E-state index contributed by atoms with van der Waals surface area (Å²) in [5.74, 6) is 1.17. The number of hydrogen-bond acceptors (Lipinski definition) is 3. The molecule has 1 heterocycles. The molecule has 0 N–H and O–H groups in total. The first kappa shape index (κ1) is 16.2. The number of Topliss-reactive ketones (excluding diaryl/α,β-unsaturated/α-hetero) is 1. The van der Waals surface area contributed by atoms with Gasteiger partial charge in [-0.3, -0.25) is 9.69 Å². The largest absolute Gasteiger partial charge is 0.292 e. The third-order valence-corrected chi connectivity index (χ3v) is 5.67. The summed E-state index contributed by atoms with van der Waals surface area (Å²) in [7, 11) is 0. The molecule has 1 saturated heterocycles. The normalized spacial score (nSPS) is 21.7. The molecule has 0 spiro atoms. The van der Waals surface area contributed by atoms with Crippen molar-refractivity contribution >= 4 is 40.7 Å². The van der Waals surface area contributed by atoms with E-state index in [4.69, 9.17) is 23.2 Å². The Labute approximate surface area is 134 Å². The number of hydrogen-bond donors (Lipinski definition) is 0. The molecule has 110 valence electrons. The topological polar surface area (TPSA) is 20.3 Å². The van der Waals surface area contributed by atoms with Crippen molar-refractivity contribution in [3.8, 4) is 0 Å². The number of carbonyl (C=O) groups excluding carboxylic acids is 1. The van der Waals surface area contributed by atoms with Crippen LogP contribution in [0, 0.1) is 0 Å². The highest BCUT2D eigenvalue weighted by atomic mass is 35.5. The number of ketones is 1. The Morgan fingerprint density at radius 2 is 2.25 bits per heavy atom. The van der Waals surface area contributed by atoms with E-state index in [1.54, 1.807) is 18.2 Å². The van der Waals surface area contributed by atoms with E-state index < -0.39 is 0 Å². The third kappa shape index (κ3) is 3.70. The molecule has 1 aromatic rings. The molecule has 5 heteroatoms. The van der Waals surface area contributed by atoms with Crippen LogP contribution < -0.4 is 0 Å². The highest BCUT2D eigenvalue weighted by Gasteiger charge is 2.28. The van der Waals surface area contributed by atoms with Gasteiger partial charge in [-0.05, 0) is 31.5 Å². The molecule has 2 unspecified atom stereocenters. The lowest BCUT2D eigenvalue weighted by atomic mass is 10.0. The second-order valence-electron chi connectivity index (χ2n) is 5.06. The average molecular weight is 332 g/mol. The Balaban J connectivity index is 2.11. The van der Waals surface area contributed by atoms with Crippen LogP contribution in [0.1, 0.15) is 30.6 Å². The smallest absolute Gasteiger partial charge is 0.181 e. The predicted octanol–water partition coefficient (Wildman–Crippen LogP) is 4.39. The monoisotopic (exact) mass is 331 g/mol. The average Bonchev–Trinajstić information content (AvgIpc) is 2.46. The van der Waals surface area contributed by atoms with E-state index >= 15 is 0 Å². The second kappa shape index (κ2) is 7.17. The molecule has 20 heavy (non-hydrogen) atoms. The Morgan fingerprint density at radius 3 is 2.90 bits per heavy atom. The minimum Gasteiger partial charge on any atom is -0.292 e. The van der Waals surface area contributed by atoms with Gasteiger partial charge < -0.3 is 0 Å². The van der Waals surface area contributed by atoms with Crippen LogP contribution >= 0.6 is 35.0 Å². The van der Waals surface area contributed by atoms with Crippen LogP contribution in [0.4, 0.5) is 0 Å². The van der Waals surface area contributed by atoms with Gasteiger partial charge in [0.25, 0.3) is 0 Å². The first-order chi connectivity index (χ1) is 9.52. The van der Waals surface area contributed by atoms with Gasteiger partial charge in [0, 0.05) is 34.7 Å². The van der Waals surface area contributed by atoms with Gasteiger partial charge in [-0.2, -0.15) is 11.8 Å². The van der Waals surface area contributed by atoms with Gasteiger partial charge in [-0.25, -0.2) is 0 Å². The Hall–Kier alpha value is -0.220. The van der Waals surface area contributed by atoms with Crippen molar-refractivity contribution in [3.63, 3.8) is 0 Å². The van der Waals surface area contributed by atoms with Gasteiger partial charge in [0.2, 0.25) is 0 Å². The van der Waals surface area contributed by atoms with E-state index in [-0.39, 0.29) is 11.8 Å². The standard InChI is InChI=1S/C15H19Cl2NOS/c1-3-12-9-18(6-7-20-12)10(2)15(19)13-5-4-11(16)8-14(13)17/h4-5,8,10,12H,3,6-7,9H2,1-2H3. The minimum atomic E-state index is -0.136. The molecule has 1 aliphatic rings. The summed E-state index contributed by atoms with van der Waals surface area (Å²) in [5, 5.41) is 1.62. The lowest BCUT2D eigenvalue weighted by molar-refractivity contribution is 0.0842. The highest BCUT2D eigenvalue weighted by molar-refractivity contribution is 8.00. The summed E-state index contributed by atoms with van der Waals surface area (Å²) in [6, 6.07) is 4.93. The zero-order valence-electron chi connectivity index (χ0n) is 11.7. The van der Waals surface area contributed by atoms with E-state index in [1.807, 2.05) is 18.7 Å². The summed E-state index contributed by atoms with van der Waals surface area (Å²) in [6.07, 6.45) is 1.14. The quantitative estimate of drug-likeness (QED) is 0.763. The lowest BCUT2D eigenvalue weighted by Crippen LogP contribution is -2.46. The summed E-state index contributed by atoms with van der Waals surface area (Å²) in [6.45, 7) is 6.10. The molecule has 0 bridgehead atoms. The Morgan fingerprint density at radius 1 is 1.50 bits per heavy atom. The maximum atomic E-state index is 12.6. The molecular weight excluding hydrogens is 313 g/mol. The Bertz CT molecular complexity index is 495. The number of halogens is 2. The number of carbonyl (C=O) groups is 1. The second-order valence-corrected chi connectivity index (χ2v) is 7.31. The zero-order chi connectivity index (χ0) is 14.7. The van der Waals surface area contributed by atoms with Crippen molar-refractivity contribution in [2.75, 3.05) is 18.8 Å². The molecular formula is C15H19Cl2NOS. The van der Waals surface area contributed by atoms with E-state index in [1.165, 1.54) is 0 Å². The first-order valence-corrected chi connectivity index (χ1v) is 8.68. The van der Waals surface area contributed by atoms with Crippen LogP contribution in [0.15, 0.2) is 18.2 Å². The fourth-order valence-corrected chi connectivity index (χ4v) is 4.13. The fourth-order valence-electron chi connectivity index (χ4n) is 2.42. The van der Waals surface area contributed by atoms with Crippen molar-refractivity contribution in [2.24, 2.45) is 0 Å². The van der Waals surface area contributed by atoms with Crippen LogP contribution in [0.3, 0.4) is 0 Å². The van der Waals surface area contributed by atoms with E-state index in [0.717, 1.165) is 25.3 Å². The summed E-state index contributed by atoms with van der Waals surface area (Å²) in [4.78, 5) is 14.9. The number of rotatable bonds is 4. The number of thioether (sulfide) groups is 1. The molecule has 0 aliphatic carbocycles. The zero-order valence-corrected chi connectivity index (χ0v) is 14.1. The van der Waals surface area contributed by atoms with Crippen molar-refractivity contribution in [3.05, 3.63) is 33.8 Å². The van der Waals surface area contributed by atoms with Crippen LogP contribution in [-0.2, 0) is 0 Å². The lowest BCUT2D eigenvalue weighted by Gasteiger charge is -2.35. The van der Waals surface area contributed by atoms with Crippen molar-refractivity contribution in [1.29, 1.82) is 0 Å². The molecule has 1 aromatic carbocycles. The third-order valence-electron chi connectivity index (χ3n) is 3.75. The fraction of sp³-hybridized carbons (Fsp3) is 0.533. The van der Waals surface area contributed by atoms with Gasteiger partial charge in [-0.1, -0.05) is 30.1 Å². The van der Waals surface area contributed by atoms with Crippen LogP contribution in [0.2, 0.25) is 10.0 Å². The minimum absolute atomic E-state index is 0.0772. The van der Waals surface area contributed by atoms with Crippen molar-refractivity contribution in [2.45, 2.75) is 31.6 Å². The molecule has 2 atom stereocenters. The van der Waals surface area contributed by atoms with E-state index in [9.17, 15) is 4.79 Å². The maximum Gasteiger partial charge on any atom is 0.181 e. The van der Waals surface area contributed by atoms with Gasteiger partial charge >= 0.3 is 0 Å². The molecule has 2 nitrogen and oxygen atoms in total. The molecule has 1 aliphatic heterocycles. The maximum absolute atomic E-state index is 12.6. The molecule has 1 fully saturated rings. The molecule has 0 amide bonds. The molecule has 2 rings (SSSR count). The van der Waals surface area contributed by atoms with Gasteiger partial charge in [0.05, 0.1) is 11.1 Å². The van der Waals surface area contributed by atoms with E-state index in [2.05, 4.69) is 11.8 Å². The van der Waals surface area contributed by atoms with Gasteiger partial charge in [0.1, 0.15) is 0 Å². The summed E-state index contributed by atoms with van der Waals surface area (Å²) in [5.41, 5.74) is 0.565. The molecule has 0 radical (unpaired) electrons. The van der Waals surface area contributed by atoms with Gasteiger partial charge in [0.15, 0.2) is 5.78 Å². The molecule has 0 saturated carbocycles.